The molecular weight excluding hydrogens is 380 g/mol. The predicted octanol–water partition coefficient (Wildman–Crippen LogP) is 6.42. The van der Waals surface area contributed by atoms with Crippen molar-refractivity contribution >= 4 is 16.6 Å². The maximum absolute atomic E-state index is 12.9. The first-order valence-electron chi connectivity index (χ1n) is 10.5. The lowest BCUT2D eigenvalue weighted by Crippen LogP contribution is -2.07. The lowest BCUT2D eigenvalue weighted by atomic mass is 9.88. The van der Waals surface area contributed by atoms with Crippen LogP contribution in [0.2, 0.25) is 0 Å². The SMILES string of the molecule is O=C(CC(C#CCOCc1ccccc1)c1cccc2ccccc12)c1ccccc1. The van der Waals surface area contributed by atoms with E-state index in [9.17, 15) is 4.79 Å². The van der Waals surface area contributed by atoms with Gasteiger partial charge in [-0.15, -0.1) is 0 Å². The number of carbonyl (C=O) groups is 1. The van der Waals surface area contributed by atoms with Crippen LogP contribution in [0.25, 0.3) is 10.8 Å². The lowest BCUT2D eigenvalue weighted by Gasteiger charge is -2.14. The number of Topliss-reactive ketones (excluding diaryl/α,β-unsaturated/α-hetero) is 1. The van der Waals surface area contributed by atoms with Crippen molar-refractivity contribution < 1.29 is 9.53 Å². The third-order valence-electron chi connectivity index (χ3n) is 5.25. The summed E-state index contributed by atoms with van der Waals surface area (Å²) in [6.07, 6.45) is 0.337. The molecule has 4 rings (SSSR count). The maximum Gasteiger partial charge on any atom is 0.164 e. The van der Waals surface area contributed by atoms with E-state index in [1.54, 1.807) is 0 Å². The van der Waals surface area contributed by atoms with Gasteiger partial charge in [0.2, 0.25) is 0 Å². The Morgan fingerprint density at radius 1 is 0.774 bits per heavy atom. The van der Waals surface area contributed by atoms with E-state index in [1.165, 1.54) is 0 Å². The normalized spacial score (nSPS) is 11.5. The first-order chi connectivity index (χ1) is 15.3. The Hall–Kier alpha value is -3.67. The second-order valence-corrected chi connectivity index (χ2v) is 7.41. The van der Waals surface area contributed by atoms with Gasteiger partial charge >= 0.3 is 0 Å². The van der Waals surface area contributed by atoms with E-state index in [-0.39, 0.29) is 11.7 Å². The van der Waals surface area contributed by atoms with E-state index in [0.29, 0.717) is 19.6 Å². The first-order valence-corrected chi connectivity index (χ1v) is 10.5. The first kappa shape index (κ1) is 20.6. The molecular formula is C29H24O2. The van der Waals surface area contributed by atoms with Crippen molar-refractivity contribution in [2.45, 2.75) is 18.9 Å². The zero-order valence-electron chi connectivity index (χ0n) is 17.3. The summed E-state index contributed by atoms with van der Waals surface area (Å²) in [6.45, 7) is 0.854. The molecule has 0 bridgehead atoms. The Kier molecular flexibility index (Phi) is 6.90. The Morgan fingerprint density at radius 2 is 1.45 bits per heavy atom. The van der Waals surface area contributed by atoms with Crippen LogP contribution < -0.4 is 0 Å². The lowest BCUT2D eigenvalue weighted by molar-refractivity contribution is 0.0979. The van der Waals surface area contributed by atoms with E-state index < -0.39 is 0 Å². The number of carbonyl (C=O) groups excluding carboxylic acids is 1. The molecule has 1 atom stereocenters. The minimum absolute atomic E-state index is 0.0954. The van der Waals surface area contributed by atoms with Crippen LogP contribution in [-0.2, 0) is 11.3 Å². The fourth-order valence-corrected chi connectivity index (χ4v) is 3.68. The van der Waals surface area contributed by atoms with Crippen LogP contribution in [0.4, 0.5) is 0 Å². The number of ether oxygens (including phenoxy) is 1. The van der Waals surface area contributed by atoms with Crippen LogP contribution in [0, 0.1) is 11.8 Å². The Balaban J connectivity index is 1.55. The van der Waals surface area contributed by atoms with Gasteiger partial charge in [-0.2, -0.15) is 0 Å². The van der Waals surface area contributed by atoms with Crippen molar-refractivity contribution in [2.75, 3.05) is 6.61 Å². The second-order valence-electron chi connectivity index (χ2n) is 7.41. The molecule has 4 aromatic carbocycles. The fourth-order valence-electron chi connectivity index (χ4n) is 3.68. The molecule has 2 heteroatoms. The highest BCUT2D eigenvalue weighted by Gasteiger charge is 2.17. The van der Waals surface area contributed by atoms with Crippen molar-refractivity contribution in [1.82, 2.24) is 0 Å². The Labute approximate surface area is 183 Å². The molecule has 0 saturated carbocycles. The highest BCUT2D eigenvalue weighted by atomic mass is 16.5. The molecule has 1 unspecified atom stereocenters. The zero-order valence-corrected chi connectivity index (χ0v) is 17.3. The van der Waals surface area contributed by atoms with Crippen LogP contribution in [0.15, 0.2) is 103 Å². The van der Waals surface area contributed by atoms with Gasteiger partial charge in [-0.1, -0.05) is 115 Å². The molecule has 4 aromatic rings. The van der Waals surface area contributed by atoms with Gasteiger partial charge in [-0.25, -0.2) is 0 Å². The molecule has 0 aliphatic carbocycles. The van der Waals surface area contributed by atoms with E-state index >= 15 is 0 Å². The summed E-state index contributed by atoms with van der Waals surface area (Å²) in [5, 5.41) is 2.29. The van der Waals surface area contributed by atoms with Crippen molar-refractivity contribution in [3.05, 3.63) is 120 Å². The quantitative estimate of drug-likeness (QED) is 0.202. The van der Waals surface area contributed by atoms with Crippen molar-refractivity contribution in [2.24, 2.45) is 0 Å². The van der Waals surface area contributed by atoms with Gasteiger partial charge in [-0.05, 0) is 21.9 Å². The average molecular weight is 405 g/mol. The molecule has 0 radical (unpaired) electrons. The summed E-state index contributed by atoms with van der Waals surface area (Å²) >= 11 is 0. The van der Waals surface area contributed by atoms with Gasteiger partial charge in [-0.3, -0.25) is 4.79 Å². The van der Waals surface area contributed by atoms with Gasteiger partial charge in [0.1, 0.15) is 6.61 Å². The monoisotopic (exact) mass is 404 g/mol. The highest BCUT2D eigenvalue weighted by Crippen LogP contribution is 2.28. The molecule has 0 aliphatic rings. The molecule has 2 nitrogen and oxygen atoms in total. The van der Waals surface area contributed by atoms with Gasteiger partial charge in [0.15, 0.2) is 5.78 Å². The number of fused-ring (bicyclic) bond motifs is 1. The molecule has 0 heterocycles. The smallest absolute Gasteiger partial charge is 0.164 e. The zero-order chi connectivity index (χ0) is 21.3. The largest absolute Gasteiger partial charge is 0.364 e. The summed E-state index contributed by atoms with van der Waals surface area (Å²) in [6, 6.07) is 33.9. The van der Waals surface area contributed by atoms with Crippen LogP contribution in [-0.4, -0.2) is 12.4 Å². The molecule has 0 fully saturated rings. The molecule has 0 aliphatic heterocycles. The molecule has 31 heavy (non-hydrogen) atoms. The molecule has 0 N–H and O–H groups in total. The molecule has 0 amide bonds. The van der Waals surface area contributed by atoms with Gasteiger partial charge in [0.05, 0.1) is 12.5 Å². The van der Waals surface area contributed by atoms with Crippen LogP contribution in [0.1, 0.15) is 33.8 Å². The summed E-state index contributed by atoms with van der Waals surface area (Å²) in [5.41, 5.74) is 2.92. The number of hydrogen-bond donors (Lipinski definition) is 0. The molecule has 0 saturated heterocycles. The van der Waals surface area contributed by atoms with Crippen molar-refractivity contribution in [3.8, 4) is 11.8 Å². The average Bonchev–Trinajstić information content (AvgIpc) is 2.84. The van der Waals surface area contributed by atoms with Crippen LogP contribution >= 0.6 is 0 Å². The van der Waals surface area contributed by atoms with Gasteiger partial charge in [0, 0.05) is 12.0 Å². The summed E-state index contributed by atoms with van der Waals surface area (Å²) < 4.78 is 5.72. The fraction of sp³-hybridized carbons (Fsp3) is 0.138. The molecule has 152 valence electrons. The second kappa shape index (κ2) is 10.4. The van der Waals surface area contributed by atoms with Gasteiger partial charge in [0.25, 0.3) is 0 Å². The van der Waals surface area contributed by atoms with Crippen molar-refractivity contribution in [1.29, 1.82) is 0 Å². The number of hydrogen-bond acceptors (Lipinski definition) is 2. The summed E-state index contributed by atoms with van der Waals surface area (Å²) in [5.74, 6) is 6.37. The van der Waals surface area contributed by atoms with E-state index in [4.69, 9.17) is 4.74 Å². The Morgan fingerprint density at radius 3 is 2.26 bits per heavy atom. The number of rotatable bonds is 7. The Bertz CT molecular complexity index is 1200. The summed E-state index contributed by atoms with van der Waals surface area (Å²) in [7, 11) is 0. The highest BCUT2D eigenvalue weighted by molar-refractivity contribution is 5.97. The van der Waals surface area contributed by atoms with Crippen molar-refractivity contribution in [3.63, 3.8) is 0 Å². The summed E-state index contributed by atoms with van der Waals surface area (Å²) in [4.78, 5) is 12.9. The topological polar surface area (TPSA) is 26.3 Å². The van der Waals surface area contributed by atoms with E-state index in [0.717, 1.165) is 27.5 Å². The van der Waals surface area contributed by atoms with Gasteiger partial charge < -0.3 is 4.74 Å². The predicted molar refractivity (Wildman–Crippen MR) is 126 cm³/mol. The molecule has 0 spiro atoms. The van der Waals surface area contributed by atoms with Crippen LogP contribution in [0.3, 0.4) is 0 Å². The standard InChI is InChI=1S/C29H24O2/c30-29(25-14-5-2-6-15-25)21-26(17-10-20-31-22-23-11-3-1-4-12-23)28-19-9-16-24-13-7-8-18-27(24)28/h1-9,11-16,18-19,26H,20-22H2. The number of ketones is 1. The third-order valence-corrected chi connectivity index (χ3v) is 5.25. The van der Waals surface area contributed by atoms with E-state index in [2.05, 4.69) is 36.1 Å². The third kappa shape index (κ3) is 5.48. The number of benzene rings is 4. The minimum Gasteiger partial charge on any atom is -0.364 e. The minimum atomic E-state index is -0.195. The molecule has 0 aromatic heterocycles. The maximum atomic E-state index is 12.9. The van der Waals surface area contributed by atoms with E-state index in [1.807, 2.05) is 78.9 Å². The van der Waals surface area contributed by atoms with Crippen LogP contribution in [0.5, 0.6) is 0 Å².